The average molecular weight is 396 g/mol. The van der Waals surface area contributed by atoms with Crippen LogP contribution in [0.5, 0.6) is 0 Å². The number of hydrogen-bond donors (Lipinski definition) is 1. The predicted octanol–water partition coefficient (Wildman–Crippen LogP) is 6.02. The van der Waals surface area contributed by atoms with Crippen molar-refractivity contribution >= 4 is 29.2 Å². The van der Waals surface area contributed by atoms with Gasteiger partial charge in [0.15, 0.2) is 0 Å². The molecule has 0 bridgehead atoms. The molecule has 150 valence electrons. The Hall–Kier alpha value is -2.33. The van der Waals surface area contributed by atoms with E-state index < -0.39 is 0 Å². The van der Waals surface area contributed by atoms with Crippen LogP contribution >= 0.6 is 11.8 Å². The number of hydrogen-bond acceptors (Lipinski definition) is 4. The summed E-state index contributed by atoms with van der Waals surface area (Å²) in [4.78, 5) is 4.55. The van der Waals surface area contributed by atoms with Crippen LogP contribution in [0.15, 0.2) is 61.4 Å². The van der Waals surface area contributed by atoms with E-state index in [1.165, 1.54) is 22.6 Å². The Bertz CT molecular complexity index is 777. The van der Waals surface area contributed by atoms with Gasteiger partial charge in [-0.1, -0.05) is 57.3 Å². The lowest BCUT2D eigenvalue weighted by atomic mass is 10.0. The fourth-order valence-corrected chi connectivity index (χ4v) is 4.09. The second-order valence-electron chi connectivity index (χ2n) is 6.38. The van der Waals surface area contributed by atoms with E-state index in [-0.39, 0.29) is 0 Å². The van der Waals surface area contributed by atoms with E-state index in [9.17, 15) is 0 Å². The largest absolute Gasteiger partial charge is 0.388 e. The molecule has 2 aromatic carbocycles. The standard InChI is InChI=1S/C22H27N3S.C2H6/c1-5-18-6-7-20(16-22(18)23-3)19-8-10-21(11-9-19)24(4)17(2)25-12-14-26-15-13-25;1-2/h5-11,16,23H,1-2,12-15H2,3-4H3;1-2H3. The lowest BCUT2D eigenvalue weighted by Gasteiger charge is -2.35. The van der Waals surface area contributed by atoms with Crippen LogP contribution in [0.3, 0.4) is 0 Å². The van der Waals surface area contributed by atoms with Gasteiger partial charge in [-0.2, -0.15) is 11.8 Å². The number of anilines is 2. The zero-order valence-corrected chi connectivity index (χ0v) is 18.5. The third-order valence-corrected chi connectivity index (χ3v) is 5.84. The molecule has 0 unspecified atom stereocenters. The van der Waals surface area contributed by atoms with Gasteiger partial charge < -0.3 is 15.1 Å². The van der Waals surface area contributed by atoms with Crippen molar-refractivity contribution in [2.24, 2.45) is 0 Å². The monoisotopic (exact) mass is 395 g/mol. The first-order chi connectivity index (χ1) is 13.6. The first-order valence-electron chi connectivity index (χ1n) is 9.94. The van der Waals surface area contributed by atoms with Crippen molar-refractivity contribution in [3.63, 3.8) is 0 Å². The molecule has 0 radical (unpaired) electrons. The molecule has 3 nitrogen and oxygen atoms in total. The summed E-state index contributed by atoms with van der Waals surface area (Å²) >= 11 is 2.02. The minimum atomic E-state index is 1.07. The minimum Gasteiger partial charge on any atom is -0.388 e. The highest BCUT2D eigenvalue weighted by Crippen LogP contribution is 2.29. The molecule has 3 rings (SSSR count). The van der Waals surface area contributed by atoms with E-state index in [0.717, 1.165) is 35.8 Å². The lowest BCUT2D eigenvalue weighted by Crippen LogP contribution is -2.38. The molecule has 0 atom stereocenters. The molecule has 1 aliphatic heterocycles. The van der Waals surface area contributed by atoms with Gasteiger partial charge in [0.05, 0.1) is 0 Å². The topological polar surface area (TPSA) is 18.5 Å². The summed E-state index contributed by atoms with van der Waals surface area (Å²) in [6.45, 7) is 14.3. The minimum absolute atomic E-state index is 1.07. The zero-order valence-electron chi connectivity index (χ0n) is 17.7. The van der Waals surface area contributed by atoms with Crippen molar-refractivity contribution < 1.29 is 0 Å². The second-order valence-corrected chi connectivity index (χ2v) is 7.60. The maximum atomic E-state index is 4.30. The maximum absolute atomic E-state index is 4.30. The summed E-state index contributed by atoms with van der Waals surface area (Å²) in [5.41, 5.74) is 5.77. The number of nitrogens with one attached hydrogen (secondary N) is 1. The van der Waals surface area contributed by atoms with E-state index in [4.69, 9.17) is 0 Å². The number of nitrogens with zero attached hydrogens (tertiary/aromatic N) is 2. The molecule has 1 fully saturated rings. The van der Waals surface area contributed by atoms with Gasteiger partial charge in [0, 0.05) is 50.1 Å². The van der Waals surface area contributed by atoms with Crippen LogP contribution in [0.2, 0.25) is 0 Å². The molecule has 4 heteroatoms. The van der Waals surface area contributed by atoms with Crippen LogP contribution in [0.4, 0.5) is 11.4 Å². The summed E-state index contributed by atoms with van der Waals surface area (Å²) in [7, 11) is 4.03. The van der Waals surface area contributed by atoms with Crippen molar-refractivity contribution in [3.05, 3.63) is 67.0 Å². The van der Waals surface area contributed by atoms with Crippen LogP contribution in [0.25, 0.3) is 17.2 Å². The Balaban J connectivity index is 0.00000136. The third kappa shape index (κ3) is 5.14. The third-order valence-electron chi connectivity index (χ3n) is 4.89. The molecule has 2 aromatic rings. The molecule has 1 saturated heterocycles. The van der Waals surface area contributed by atoms with E-state index in [1.807, 2.05) is 38.7 Å². The summed E-state index contributed by atoms with van der Waals surface area (Å²) in [6.07, 6.45) is 1.87. The normalized spacial score (nSPS) is 13.2. The fourth-order valence-electron chi connectivity index (χ4n) is 3.19. The highest BCUT2D eigenvalue weighted by atomic mass is 32.2. The molecule has 0 aromatic heterocycles. The highest BCUT2D eigenvalue weighted by Gasteiger charge is 2.16. The molecule has 0 amide bonds. The highest BCUT2D eigenvalue weighted by molar-refractivity contribution is 7.99. The average Bonchev–Trinajstić information content (AvgIpc) is 2.79. The van der Waals surface area contributed by atoms with E-state index in [2.05, 4.69) is 77.8 Å². The van der Waals surface area contributed by atoms with Crippen LogP contribution in [-0.2, 0) is 0 Å². The van der Waals surface area contributed by atoms with Crippen molar-refractivity contribution in [2.75, 3.05) is 48.9 Å². The van der Waals surface area contributed by atoms with Crippen LogP contribution in [-0.4, -0.2) is 43.6 Å². The van der Waals surface area contributed by atoms with Gasteiger partial charge in [0.2, 0.25) is 0 Å². The smallest absolute Gasteiger partial charge is 0.101 e. The van der Waals surface area contributed by atoms with E-state index in [1.54, 1.807) is 0 Å². The Labute approximate surface area is 175 Å². The van der Waals surface area contributed by atoms with Gasteiger partial charge in [-0.3, -0.25) is 0 Å². The van der Waals surface area contributed by atoms with Gasteiger partial charge >= 0.3 is 0 Å². The molecular formula is C24H33N3S. The van der Waals surface area contributed by atoms with Crippen molar-refractivity contribution in [1.82, 2.24) is 4.90 Å². The van der Waals surface area contributed by atoms with Gasteiger partial charge in [0.25, 0.3) is 0 Å². The summed E-state index contributed by atoms with van der Waals surface area (Å²) in [5, 5.41) is 3.24. The van der Waals surface area contributed by atoms with Crippen LogP contribution in [0, 0.1) is 0 Å². The van der Waals surface area contributed by atoms with Crippen molar-refractivity contribution in [2.45, 2.75) is 13.8 Å². The first-order valence-corrected chi connectivity index (χ1v) is 11.1. The lowest BCUT2D eigenvalue weighted by molar-refractivity contribution is 0.373. The number of benzene rings is 2. The second kappa shape index (κ2) is 10.9. The first kappa shape index (κ1) is 22.0. The molecule has 0 spiro atoms. The van der Waals surface area contributed by atoms with Gasteiger partial charge in [-0.15, -0.1) is 0 Å². The summed E-state index contributed by atoms with van der Waals surface area (Å²) in [6, 6.07) is 15.1. The van der Waals surface area contributed by atoms with Gasteiger partial charge in [0.1, 0.15) is 5.82 Å². The predicted molar refractivity (Wildman–Crippen MR) is 129 cm³/mol. The Morgan fingerprint density at radius 3 is 2.25 bits per heavy atom. The van der Waals surface area contributed by atoms with Gasteiger partial charge in [-0.05, 0) is 34.9 Å². The summed E-state index contributed by atoms with van der Waals surface area (Å²) < 4.78 is 0. The molecule has 1 heterocycles. The van der Waals surface area contributed by atoms with E-state index in [0.29, 0.717) is 0 Å². The quantitative estimate of drug-likeness (QED) is 0.644. The summed E-state index contributed by atoms with van der Waals surface area (Å²) in [5.74, 6) is 3.44. The fraction of sp³-hybridized carbons (Fsp3) is 0.333. The SMILES string of the molecule is C=Cc1ccc(-c2ccc(N(C)C(=C)N3CCSCC3)cc2)cc1NC.CC. The molecule has 1 N–H and O–H groups in total. The van der Waals surface area contributed by atoms with Gasteiger partial charge in [-0.25, -0.2) is 0 Å². The molecule has 0 saturated carbocycles. The van der Waals surface area contributed by atoms with Crippen LogP contribution in [0.1, 0.15) is 19.4 Å². The number of thioether (sulfide) groups is 1. The van der Waals surface area contributed by atoms with Crippen molar-refractivity contribution in [1.29, 1.82) is 0 Å². The maximum Gasteiger partial charge on any atom is 0.101 e. The molecule has 0 aliphatic carbocycles. The van der Waals surface area contributed by atoms with Crippen molar-refractivity contribution in [3.8, 4) is 11.1 Å². The number of rotatable bonds is 6. The Morgan fingerprint density at radius 1 is 1.07 bits per heavy atom. The molecule has 1 aliphatic rings. The molecule has 28 heavy (non-hydrogen) atoms. The Kier molecular flexibility index (Phi) is 8.52. The molecular weight excluding hydrogens is 362 g/mol. The zero-order chi connectivity index (χ0) is 20.5. The Morgan fingerprint density at radius 2 is 1.68 bits per heavy atom. The van der Waals surface area contributed by atoms with Crippen LogP contribution < -0.4 is 10.2 Å². The van der Waals surface area contributed by atoms with E-state index >= 15 is 0 Å².